The highest BCUT2D eigenvalue weighted by Gasteiger charge is 2.44. The van der Waals surface area contributed by atoms with Crippen LogP contribution in [0, 0.1) is 6.92 Å². The summed E-state index contributed by atoms with van der Waals surface area (Å²) in [4.78, 5) is 26.6. The zero-order valence-electron chi connectivity index (χ0n) is 15.9. The van der Waals surface area contributed by atoms with Crippen molar-refractivity contribution in [3.05, 3.63) is 63.3 Å². The Hall–Kier alpha value is -2.80. The number of methoxy groups -OCH3 is 2. The molecule has 1 atom stereocenters. The molecule has 0 bridgehead atoms. The molecule has 1 aliphatic rings. The second kappa shape index (κ2) is 7.67. The number of aliphatic hydroxyl groups excluding tert-OH is 1. The van der Waals surface area contributed by atoms with Crippen molar-refractivity contribution in [1.82, 2.24) is 0 Å². The number of benzene rings is 2. The highest BCUT2D eigenvalue weighted by Crippen LogP contribution is 2.45. The molecule has 1 aliphatic heterocycles. The van der Waals surface area contributed by atoms with E-state index in [1.165, 1.54) is 26.0 Å². The average molecular weight is 446 g/mol. The lowest BCUT2D eigenvalue weighted by atomic mass is 9.95. The van der Waals surface area contributed by atoms with Gasteiger partial charge in [-0.3, -0.25) is 14.5 Å². The molecule has 0 aromatic heterocycles. The molecule has 0 spiro atoms. The molecule has 1 amide bonds. The van der Waals surface area contributed by atoms with Crippen LogP contribution in [-0.2, 0) is 9.59 Å². The Morgan fingerprint density at radius 2 is 1.86 bits per heavy atom. The molecule has 28 heavy (non-hydrogen) atoms. The molecule has 1 unspecified atom stereocenters. The third-order valence-corrected chi connectivity index (χ3v) is 5.61. The molecular formula is C21H20BrNO5. The fraction of sp³-hybridized carbons (Fsp3) is 0.238. The maximum absolute atomic E-state index is 12.9. The summed E-state index contributed by atoms with van der Waals surface area (Å²) in [5.41, 5.74) is 2.15. The van der Waals surface area contributed by atoms with Crippen LogP contribution in [0.25, 0.3) is 0 Å². The number of amides is 1. The van der Waals surface area contributed by atoms with Gasteiger partial charge in [0.15, 0.2) is 11.5 Å². The van der Waals surface area contributed by atoms with Crippen LogP contribution in [0.3, 0.4) is 0 Å². The summed E-state index contributed by atoms with van der Waals surface area (Å²) in [5, 5.41) is 10.5. The van der Waals surface area contributed by atoms with Gasteiger partial charge in [0.2, 0.25) is 0 Å². The number of rotatable bonds is 5. The fourth-order valence-electron chi connectivity index (χ4n) is 3.30. The van der Waals surface area contributed by atoms with Crippen molar-refractivity contribution in [1.29, 1.82) is 0 Å². The van der Waals surface area contributed by atoms with Gasteiger partial charge in [0.05, 0.1) is 25.8 Å². The van der Waals surface area contributed by atoms with Crippen molar-refractivity contribution >= 4 is 33.3 Å². The van der Waals surface area contributed by atoms with Crippen LogP contribution in [0.4, 0.5) is 5.69 Å². The van der Waals surface area contributed by atoms with Crippen molar-refractivity contribution in [2.75, 3.05) is 19.1 Å². The van der Waals surface area contributed by atoms with Crippen LogP contribution < -0.4 is 14.4 Å². The average Bonchev–Trinajstić information content (AvgIpc) is 2.94. The highest BCUT2D eigenvalue weighted by atomic mass is 79.9. The Morgan fingerprint density at radius 1 is 1.14 bits per heavy atom. The monoisotopic (exact) mass is 445 g/mol. The molecule has 0 saturated carbocycles. The quantitative estimate of drug-likeness (QED) is 0.743. The smallest absolute Gasteiger partial charge is 0.294 e. The molecule has 1 N–H and O–H groups in total. The number of aryl methyl sites for hydroxylation is 1. The number of halogens is 1. The number of Topliss-reactive ketones (excluding diaryl/α,β-unsaturated/α-hetero) is 1. The second-order valence-corrected chi connectivity index (χ2v) is 7.29. The van der Waals surface area contributed by atoms with E-state index < -0.39 is 17.7 Å². The van der Waals surface area contributed by atoms with Crippen LogP contribution in [0.15, 0.2) is 52.2 Å². The number of aliphatic hydroxyl groups is 1. The number of ether oxygens (including phenoxy) is 2. The molecule has 2 aromatic carbocycles. The van der Waals surface area contributed by atoms with E-state index in [1.807, 2.05) is 13.0 Å². The van der Waals surface area contributed by atoms with E-state index in [1.54, 1.807) is 30.3 Å². The van der Waals surface area contributed by atoms with E-state index in [9.17, 15) is 14.7 Å². The van der Waals surface area contributed by atoms with Crippen molar-refractivity contribution in [3.63, 3.8) is 0 Å². The first-order valence-corrected chi connectivity index (χ1v) is 9.35. The van der Waals surface area contributed by atoms with E-state index in [-0.39, 0.29) is 11.4 Å². The summed E-state index contributed by atoms with van der Waals surface area (Å²) in [5.74, 6) is -0.549. The number of hydrogen-bond acceptors (Lipinski definition) is 5. The summed E-state index contributed by atoms with van der Waals surface area (Å²) < 4.78 is 11.5. The van der Waals surface area contributed by atoms with Crippen LogP contribution >= 0.6 is 15.9 Å². The number of nitrogens with zero attached hydrogens (tertiary/aromatic N) is 1. The van der Waals surface area contributed by atoms with Gasteiger partial charge in [0.1, 0.15) is 11.5 Å². The lowest BCUT2D eigenvalue weighted by molar-refractivity contribution is -0.117. The van der Waals surface area contributed by atoms with Crippen molar-refractivity contribution in [2.45, 2.75) is 19.9 Å². The summed E-state index contributed by atoms with van der Waals surface area (Å²) in [6.07, 6.45) is 0. The standard InChI is InChI=1S/C21H20BrNO5/c1-11-5-6-13(9-16(11)22)23-19(18(12(2)24)20(25)21(23)26)15-8-7-14(27-3)10-17(15)28-4/h5-10,19,25H,1-4H3. The van der Waals surface area contributed by atoms with Gasteiger partial charge in [-0.2, -0.15) is 0 Å². The Labute approximate surface area is 171 Å². The van der Waals surface area contributed by atoms with E-state index in [0.717, 1.165) is 10.0 Å². The van der Waals surface area contributed by atoms with Gasteiger partial charge in [-0.15, -0.1) is 0 Å². The summed E-state index contributed by atoms with van der Waals surface area (Å²) in [6, 6.07) is 9.73. The predicted molar refractivity (Wildman–Crippen MR) is 109 cm³/mol. The first-order chi connectivity index (χ1) is 13.3. The van der Waals surface area contributed by atoms with Gasteiger partial charge in [0.25, 0.3) is 5.91 Å². The first-order valence-electron chi connectivity index (χ1n) is 8.55. The SMILES string of the molecule is COc1ccc(C2C(C(C)=O)=C(O)C(=O)N2c2ccc(C)c(Br)c2)c(OC)c1. The third-order valence-electron chi connectivity index (χ3n) is 4.76. The molecule has 0 aliphatic carbocycles. The summed E-state index contributed by atoms with van der Waals surface area (Å²) >= 11 is 3.47. The molecule has 146 valence electrons. The van der Waals surface area contributed by atoms with Crippen LogP contribution in [0.5, 0.6) is 11.5 Å². The minimum absolute atomic E-state index is 0.0326. The molecule has 2 aromatic rings. The Bertz CT molecular complexity index is 998. The fourth-order valence-corrected chi connectivity index (χ4v) is 3.67. The molecule has 0 radical (unpaired) electrons. The van der Waals surface area contributed by atoms with E-state index in [4.69, 9.17) is 9.47 Å². The number of hydrogen-bond donors (Lipinski definition) is 1. The number of ketones is 1. The van der Waals surface area contributed by atoms with Gasteiger partial charge >= 0.3 is 0 Å². The van der Waals surface area contributed by atoms with Gasteiger partial charge in [0, 0.05) is 21.8 Å². The molecule has 0 fully saturated rings. The zero-order valence-corrected chi connectivity index (χ0v) is 17.5. The normalized spacial score (nSPS) is 16.5. The number of carbonyl (C=O) groups is 2. The largest absolute Gasteiger partial charge is 0.503 e. The maximum atomic E-state index is 12.9. The van der Waals surface area contributed by atoms with E-state index in [0.29, 0.717) is 22.7 Å². The zero-order chi connectivity index (χ0) is 20.6. The predicted octanol–water partition coefficient (Wildman–Crippen LogP) is 4.26. The molecule has 7 heteroatoms. The topological polar surface area (TPSA) is 76.1 Å². The second-order valence-electron chi connectivity index (χ2n) is 6.44. The minimum Gasteiger partial charge on any atom is -0.503 e. The Morgan fingerprint density at radius 3 is 2.43 bits per heavy atom. The molecule has 0 saturated heterocycles. The van der Waals surface area contributed by atoms with Crippen molar-refractivity contribution in [2.24, 2.45) is 0 Å². The third kappa shape index (κ3) is 3.26. The first kappa shape index (κ1) is 19.9. The van der Waals surface area contributed by atoms with Gasteiger partial charge < -0.3 is 14.6 Å². The molecule has 6 nitrogen and oxygen atoms in total. The van der Waals surface area contributed by atoms with Gasteiger partial charge in [-0.25, -0.2) is 0 Å². The summed E-state index contributed by atoms with van der Waals surface area (Å²) in [6.45, 7) is 3.26. The lowest BCUT2D eigenvalue weighted by Crippen LogP contribution is -2.31. The van der Waals surface area contributed by atoms with Crippen LogP contribution in [-0.4, -0.2) is 31.0 Å². The van der Waals surface area contributed by atoms with Gasteiger partial charge in [-0.05, 0) is 43.7 Å². The number of anilines is 1. The van der Waals surface area contributed by atoms with E-state index in [2.05, 4.69) is 15.9 Å². The molecular weight excluding hydrogens is 426 g/mol. The summed E-state index contributed by atoms with van der Waals surface area (Å²) in [7, 11) is 3.04. The van der Waals surface area contributed by atoms with Crippen LogP contribution in [0.1, 0.15) is 24.1 Å². The highest BCUT2D eigenvalue weighted by molar-refractivity contribution is 9.10. The minimum atomic E-state index is -0.819. The molecule has 1 heterocycles. The lowest BCUT2D eigenvalue weighted by Gasteiger charge is -2.28. The maximum Gasteiger partial charge on any atom is 0.294 e. The van der Waals surface area contributed by atoms with Crippen molar-refractivity contribution in [3.8, 4) is 11.5 Å². The Kier molecular flexibility index (Phi) is 5.47. The Balaban J connectivity index is 2.24. The van der Waals surface area contributed by atoms with E-state index >= 15 is 0 Å². The van der Waals surface area contributed by atoms with Crippen molar-refractivity contribution < 1.29 is 24.2 Å². The van der Waals surface area contributed by atoms with Gasteiger partial charge in [-0.1, -0.05) is 22.0 Å². The van der Waals surface area contributed by atoms with Crippen LogP contribution in [0.2, 0.25) is 0 Å². The number of carbonyl (C=O) groups excluding carboxylic acids is 2. The molecule has 3 rings (SSSR count).